The maximum atomic E-state index is 12.2. The van der Waals surface area contributed by atoms with Crippen LogP contribution in [0.3, 0.4) is 0 Å². The molecule has 0 saturated carbocycles. The molecule has 6 nitrogen and oxygen atoms in total. The molecule has 27 heavy (non-hydrogen) atoms. The van der Waals surface area contributed by atoms with E-state index < -0.39 is 18.7 Å². The second kappa shape index (κ2) is 8.80. The van der Waals surface area contributed by atoms with Crippen LogP contribution in [0.25, 0.3) is 0 Å². The topological polar surface area (TPSA) is 80.6 Å². The molecule has 1 N–H and O–H groups in total. The van der Waals surface area contributed by atoms with Crippen molar-refractivity contribution in [1.29, 1.82) is 5.26 Å². The van der Waals surface area contributed by atoms with Crippen molar-refractivity contribution in [2.75, 3.05) is 25.6 Å². The van der Waals surface area contributed by atoms with Gasteiger partial charge in [-0.25, -0.2) is 0 Å². The second-order valence-electron chi connectivity index (χ2n) is 5.21. The van der Waals surface area contributed by atoms with Crippen LogP contribution in [0.5, 0.6) is 17.2 Å². The van der Waals surface area contributed by atoms with Gasteiger partial charge in [-0.05, 0) is 30.3 Å². The number of benzene rings is 2. The van der Waals surface area contributed by atoms with Crippen molar-refractivity contribution in [3.63, 3.8) is 0 Å². The van der Waals surface area contributed by atoms with Crippen molar-refractivity contribution >= 4 is 11.6 Å². The predicted octanol–water partition coefficient (Wildman–Crippen LogP) is 3.53. The van der Waals surface area contributed by atoms with E-state index in [-0.39, 0.29) is 23.6 Å². The van der Waals surface area contributed by atoms with Crippen molar-refractivity contribution in [1.82, 2.24) is 0 Å². The van der Waals surface area contributed by atoms with Crippen molar-refractivity contribution in [3.8, 4) is 23.3 Å². The van der Waals surface area contributed by atoms with E-state index >= 15 is 0 Å². The van der Waals surface area contributed by atoms with Crippen LogP contribution in [0.15, 0.2) is 42.5 Å². The zero-order valence-corrected chi connectivity index (χ0v) is 14.2. The third-order valence-electron chi connectivity index (χ3n) is 3.20. The van der Waals surface area contributed by atoms with Gasteiger partial charge in [-0.15, -0.1) is 0 Å². The van der Waals surface area contributed by atoms with Crippen LogP contribution in [0, 0.1) is 11.3 Å². The molecule has 142 valence electrons. The highest BCUT2D eigenvalue weighted by molar-refractivity contribution is 5.92. The van der Waals surface area contributed by atoms with E-state index in [0.29, 0.717) is 11.5 Å². The molecule has 0 radical (unpaired) electrons. The number of rotatable bonds is 7. The number of anilines is 1. The predicted molar refractivity (Wildman–Crippen MR) is 89.8 cm³/mol. The summed E-state index contributed by atoms with van der Waals surface area (Å²) < 4.78 is 51.7. The Morgan fingerprint density at radius 2 is 1.81 bits per heavy atom. The van der Waals surface area contributed by atoms with E-state index in [2.05, 4.69) is 10.1 Å². The highest BCUT2D eigenvalue weighted by Crippen LogP contribution is 2.26. The number of nitriles is 1. The lowest BCUT2D eigenvalue weighted by Crippen LogP contribution is -2.21. The molecule has 0 aliphatic carbocycles. The van der Waals surface area contributed by atoms with Gasteiger partial charge in [-0.1, -0.05) is 12.1 Å². The fourth-order valence-corrected chi connectivity index (χ4v) is 2.06. The van der Waals surface area contributed by atoms with E-state index in [1.807, 2.05) is 0 Å². The molecule has 2 aromatic carbocycles. The first-order valence-electron chi connectivity index (χ1n) is 7.62. The van der Waals surface area contributed by atoms with Gasteiger partial charge in [-0.2, -0.15) is 18.4 Å². The number of carbonyl (C=O) groups excluding carboxylic acids is 1. The Balaban J connectivity index is 1.98. The van der Waals surface area contributed by atoms with E-state index in [4.69, 9.17) is 14.7 Å². The lowest BCUT2D eigenvalue weighted by Gasteiger charge is -2.12. The van der Waals surface area contributed by atoms with Gasteiger partial charge < -0.3 is 19.5 Å². The summed E-state index contributed by atoms with van der Waals surface area (Å²) in [4.78, 5) is 12.0. The quantitative estimate of drug-likeness (QED) is 0.795. The smallest absolute Gasteiger partial charge is 0.422 e. The normalized spacial score (nSPS) is 10.6. The largest absolute Gasteiger partial charge is 0.493 e. The van der Waals surface area contributed by atoms with Gasteiger partial charge in [0.25, 0.3) is 5.91 Å². The molecule has 0 aliphatic heterocycles. The van der Waals surface area contributed by atoms with Crippen LogP contribution in [-0.2, 0) is 4.79 Å². The summed E-state index contributed by atoms with van der Waals surface area (Å²) in [5.41, 5.74) is 0.0854. The maximum absolute atomic E-state index is 12.2. The summed E-state index contributed by atoms with van der Waals surface area (Å²) >= 11 is 0. The first-order chi connectivity index (χ1) is 12.8. The molecule has 0 unspecified atom stereocenters. The number of nitrogens with zero attached hydrogens (tertiary/aromatic N) is 1. The number of nitrogens with one attached hydrogen (secondary N) is 1. The Hall–Kier alpha value is -3.41. The maximum Gasteiger partial charge on any atom is 0.422 e. The van der Waals surface area contributed by atoms with Gasteiger partial charge in [0.2, 0.25) is 0 Å². The number of ether oxygens (including phenoxy) is 3. The van der Waals surface area contributed by atoms with Gasteiger partial charge in [-0.3, -0.25) is 4.79 Å². The minimum atomic E-state index is -4.52. The Bertz CT molecular complexity index is 847. The fourth-order valence-electron chi connectivity index (χ4n) is 2.06. The van der Waals surface area contributed by atoms with Gasteiger partial charge >= 0.3 is 6.18 Å². The number of hydrogen-bond acceptors (Lipinski definition) is 5. The number of halogens is 3. The molecular weight excluding hydrogens is 365 g/mol. The molecule has 0 fully saturated rings. The molecular formula is C18H15F3N2O4. The first-order valence-corrected chi connectivity index (χ1v) is 7.62. The van der Waals surface area contributed by atoms with Crippen LogP contribution in [0.1, 0.15) is 5.56 Å². The molecule has 0 atom stereocenters. The van der Waals surface area contributed by atoms with Crippen molar-refractivity contribution < 1.29 is 32.2 Å². The molecule has 1 amide bonds. The van der Waals surface area contributed by atoms with Gasteiger partial charge in [0.15, 0.2) is 24.7 Å². The SMILES string of the molecule is COc1ccccc1OCC(=O)Nc1ccc(OCC(F)(F)F)c(C#N)c1. The van der Waals surface area contributed by atoms with Gasteiger partial charge in [0.05, 0.1) is 12.7 Å². The highest BCUT2D eigenvalue weighted by atomic mass is 19.4. The van der Waals surface area contributed by atoms with E-state index in [1.165, 1.54) is 25.3 Å². The number of amides is 1. The molecule has 0 spiro atoms. The molecule has 0 aromatic heterocycles. The first kappa shape index (κ1) is 19.9. The Kier molecular flexibility index (Phi) is 6.49. The molecule has 0 aliphatic rings. The summed E-state index contributed by atoms with van der Waals surface area (Å²) in [6.45, 7) is -1.84. The summed E-state index contributed by atoms with van der Waals surface area (Å²) in [7, 11) is 1.47. The third-order valence-corrected chi connectivity index (χ3v) is 3.20. The summed E-state index contributed by atoms with van der Waals surface area (Å²) in [6, 6.07) is 12.2. The molecule has 0 saturated heterocycles. The van der Waals surface area contributed by atoms with E-state index in [0.717, 1.165) is 0 Å². The zero-order valence-electron chi connectivity index (χ0n) is 14.2. The molecule has 0 bridgehead atoms. The van der Waals surface area contributed by atoms with Crippen LogP contribution in [-0.4, -0.2) is 32.4 Å². The second-order valence-corrected chi connectivity index (χ2v) is 5.21. The summed E-state index contributed by atoms with van der Waals surface area (Å²) in [5.74, 6) is 0.0962. The van der Waals surface area contributed by atoms with Crippen molar-refractivity contribution in [2.24, 2.45) is 0 Å². The van der Waals surface area contributed by atoms with Gasteiger partial charge in [0.1, 0.15) is 11.8 Å². The third kappa shape index (κ3) is 6.11. The zero-order chi connectivity index (χ0) is 19.9. The van der Waals surface area contributed by atoms with E-state index in [1.54, 1.807) is 30.3 Å². The lowest BCUT2D eigenvalue weighted by molar-refractivity contribution is -0.153. The van der Waals surface area contributed by atoms with Crippen molar-refractivity contribution in [3.05, 3.63) is 48.0 Å². The number of alkyl halides is 3. The van der Waals surface area contributed by atoms with Crippen LogP contribution >= 0.6 is 0 Å². The average Bonchev–Trinajstić information content (AvgIpc) is 2.64. The Morgan fingerprint density at radius 3 is 2.44 bits per heavy atom. The number of methoxy groups -OCH3 is 1. The highest BCUT2D eigenvalue weighted by Gasteiger charge is 2.28. The lowest BCUT2D eigenvalue weighted by atomic mass is 10.2. The number of hydrogen-bond donors (Lipinski definition) is 1. The summed E-state index contributed by atoms with van der Waals surface area (Å²) in [6.07, 6.45) is -4.52. The Morgan fingerprint density at radius 1 is 1.11 bits per heavy atom. The van der Waals surface area contributed by atoms with Crippen LogP contribution in [0.2, 0.25) is 0 Å². The van der Waals surface area contributed by atoms with Crippen LogP contribution in [0.4, 0.5) is 18.9 Å². The molecule has 9 heteroatoms. The van der Waals surface area contributed by atoms with E-state index in [9.17, 15) is 18.0 Å². The fraction of sp³-hybridized carbons (Fsp3) is 0.222. The standard InChI is InChI=1S/C18H15F3N2O4/c1-25-15-4-2-3-5-16(15)26-10-17(24)23-13-6-7-14(12(8-13)9-22)27-11-18(19,20)21/h2-8H,10-11H2,1H3,(H,23,24). The number of carbonyl (C=O) groups is 1. The monoisotopic (exact) mass is 380 g/mol. The Labute approximate surface area is 153 Å². The van der Waals surface area contributed by atoms with Gasteiger partial charge in [0, 0.05) is 5.69 Å². The van der Waals surface area contributed by atoms with Crippen LogP contribution < -0.4 is 19.5 Å². The minimum Gasteiger partial charge on any atom is -0.493 e. The molecule has 2 aromatic rings. The molecule has 2 rings (SSSR count). The van der Waals surface area contributed by atoms with Crippen molar-refractivity contribution in [2.45, 2.75) is 6.18 Å². The minimum absolute atomic E-state index is 0.136. The summed E-state index contributed by atoms with van der Waals surface area (Å²) in [5, 5.41) is 11.5. The average molecular weight is 380 g/mol. The molecule has 0 heterocycles. The number of para-hydroxylation sites is 2.